The van der Waals surface area contributed by atoms with Crippen molar-refractivity contribution in [3.05, 3.63) is 48.5 Å². The molecule has 9 heteroatoms. The van der Waals surface area contributed by atoms with E-state index >= 15 is 0 Å². The van der Waals surface area contributed by atoms with Crippen molar-refractivity contribution in [1.29, 1.82) is 0 Å². The van der Waals surface area contributed by atoms with Gasteiger partial charge in [0.1, 0.15) is 12.1 Å². The molecule has 27 heavy (non-hydrogen) atoms. The van der Waals surface area contributed by atoms with Gasteiger partial charge in [-0.25, -0.2) is 4.98 Å². The predicted molar refractivity (Wildman–Crippen MR) is 105 cm³/mol. The van der Waals surface area contributed by atoms with Gasteiger partial charge in [-0.2, -0.15) is 9.61 Å². The zero-order chi connectivity index (χ0) is 18.8. The van der Waals surface area contributed by atoms with E-state index in [9.17, 15) is 0 Å². The maximum absolute atomic E-state index is 5.23. The lowest BCUT2D eigenvalue weighted by Crippen LogP contribution is -2.07. The van der Waals surface area contributed by atoms with Gasteiger partial charge in [-0.15, -0.1) is 10.2 Å². The first-order valence-electron chi connectivity index (χ1n) is 8.33. The third kappa shape index (κ3) is 3.33. The number of nitrogens with one attached hydrogen (secondary N) is 1. The zero-order valence-corrected chi connectivity index (χ0v) is 16.1. The molecule has 3 heterocycles. The summed E-state index contributed by atoms with van der Waals surface area (Å²) in [4.78, 5) is 4.41. The van der Waals surface area contributed by atoms with E-state index in [2.05, 4.69) is 30.2 Å². The second kappa shape index (κ2) is 7.28. The molecular weight excluding hydrogens is 362 g/mol. The highest BCUT2D eigenvalue weighted by Gasteiger charge is 2.11. The largest absolute Gasteiger partial charge is 0.497 e. The lowest BCUT2D eigenvalue weighted by molar-refractivity contribution is 0.415. The Kier molecular flexibility index (Phi) is 4.68. The van der Waals surface area contributed by atoms with Crippen LogP contribution in [0, 0.1) is 0 Å². The van der Waals surface area contributed by atoms with E-state index in [1.807, 2.05) is 49.8 Å². The van der Waals surface area contributed by atoms with Crippen LogP contribution in [-0.2, 0) is 13.6 Å². The van der Waals surface area contributed by atoms with Gasteiger partial charge in [0.15, 0.2) is 5.16 Å². The fourth-order valence-corrected chi connectivity index (χ4v) is 3.37. The molecular formula is C18H19N7OS. The van der Waals surface area contributed by atoms with Crippen LogP contribution in [0.1, 0.15) is 5.69 Å². The van der Waals surface area contributed by atoms with Crippen molar-refractivity contribution in [2.75, 3.05) is 18.7 Å². The number of imidazole rings is 1. The Hall–Kier alpha value is -3.07. The SMILES string of the molecule is COc1ccc(-c2cc(NCc3cnc(SC)n3C)c3nncn3n2)cc1. The molecule has 0 aliphatic carbocycles. The average Bonchev–Trinajstić information content (AvgIpc) is 3.32. The number of rotatable bonds is 6. The number of nitrogens with zero attached hydrogens (tertiary/aromatic N) is 6. The second-order valence-electron chi connectivity index (χ2n) is 5.92. The van der Waals surface area contributed by atoms with Crippen LogP contribution in [0.2, 0.25) is 0 Å². The second-order valence-corrected chi connectivity index (χ2v) is 6.69. The van der Waals surface area contributed by atoms with E-state index in [1.54, 1.807) is 29.7 Å². The number of anilines is 1. The van der Waals surface area contributed by atoms with Gasteiger partial charge in [-0.3, -0.25) is 0 Å². The summed E-state index contributed by atoms with van der Waals surface area (Å²) in [5.41, 5.74) is 4.43. The van der Waals surface area contributed by atoms with E-state index in [1.165, 1.54) is 0 Å². The van der Waals surface area contributed by atoms with E-state index in [4.69, 9.17) is 4.74 Å². The number of fused-ring (bicyclic) bond motifs is 1. The molecule has 0 saturated carbocycles. The van der Waals surface area contributed by atoms with Gasteiger partial charge in [-0.05, 0) is 36.6 Å². The summed E-state index contributed by atoms with van der Waals surface area (Å²) >= 11 is 1.62. The molecule has 0 fully saturated rings. The Morgan fingerprint density at radius 3 is 2.74 bits per heavy atom. The molecule has 4 aromatic rings. The van der Waals surface area contributed by atoms with E-state index < -0.39 is 0 Å². The molecule has 0 bridgehead atoms. The van der Waals surface area contributed by atoms with E-state index in [-0.39, 0.29) is 0 Å². The van der Waals surface area contributed by atoms with Crippen LogP contribution in [0.5, 0.6) is 5.75 Å². The van der Waals surface area contributed by atoms with Crippen LogP contribution >= 0.6 is 11.8 Å². The molecule has 0 aliphatic rings. The molecule has 3 aromatic heterocycles. The molecule has 138 valence electrons. The minimum atomic E-state index is 0.624. The number of ether oxygens (including phenoxy) is 1. The first kappa shape index (κ1) is 17.3. The Bertz CT molecular complexity index is 1070. The quantitative estimate of drug-likeness (QED) is 0.514. The van der Waals surface area contributed by atoms with E-state index in [0.29, 0.717) is 12.2 Å². The van der Waals surface area contributed by atoms with Gasteiger partial charge in [0.05, 0.1) is 36.9 Å². The molecule has 0 spiro atoms. The maximum atomic E-state index is 5.23. The number of benzene rings is 1. The molecule has 0 radical (unpaired) electrons. The van der Waals surface area contributed by atoms with Crippen molar-refractivity contribution in [2.45, 2.75) is 11.7 Å². The molecule has 0 unspecified atom stereocenters. The standard InChI is InChI=1S/C18H19N7OS/c1-24-13(10-20-18(24)27-3)9-19-16-8-15(23-25-11-21-22-17(16)25)12-4-6-14(26-2)7-5-12/h4-8,10-11,19H,9H2,1-3H3. The Morgan fingerprint density at radius 2 is 2.04 bits per heavy atom. The molecule has 1 aromatic carbocycles. The van der Waals surface area contributed by atoms with Gasteiger partial charge in [0, 0.05) is 12.6 Å². The topological polar surface area (TPSA) is 82.2 Å². The van der Waals surface area contributed by atoms with Gasteiger partial charge in [0.25, 0.3) is 0 Å². The lowest BCUT2D eigenvalue weighted by atomic mass is 10.1. The minimum absolute atomic E-state index is 0.624. The van der Waals surface area contributed by atoms with Gasteiger partial charge in [0.2, 0.25) is 5.65 Å². The van der Waals surface area contributed by atoms with Gasteiger partial charge < -0.3 is 14.6 Å². The van der Waals surface area contributed by atoms with Crippen molar-refractivity contribution in [3.8, 4) is 17.0 Å². The van der Waals surface area contributed by atoms with Gasteiger partial charge >= 0.3 is 0 Å². The normalized spacial score (nSPS) is 11.1. The predicted octanol–water partition coefficient (Wildman–Crippen LogP) is 2.87. The summed E-state index contributed by atoms with van der Waals surface area (Å²) < 4.78 is 8.98. The van der Waals surface area contributed by atoms with Crippen molar-refractivity contribution >= 4 is 23.1 Å². The molecule has 8 nitrogen and oxygen atoms in total. The molecule has 0 saturated heterocycles. The number of aromatic nitrogens is 6. The summed E-state index contributed by atoms with van der Waals surface area (Å²) in [6.45, 7) is 0.624. The molecule has 0 aliphatic heterocycles. The highest BCUT2D eigenvalue weighted by Crippen LogP contribution is 2.25. The first-order chi connectivity index (χ1) is 13.2. The van der Waals surface area contributed by atoms with Gasteiger partial charge in [-0.1, -0.05) is 11.8 Å². The number of methoxy groups -OCH3 is 1. The van der Waals surface area contributed by atoms with Crippen molar-refractivity contribution in [2.24, 2.45) is 7.05 Å². The molecule has 0 amide bonds. The van der Waals surface area contributed by atoms with Crippen LogP contribution in [-0.4, -0.2) is 42.7 Å². The van der Waals surface area contributed by atoms with E-state index in [0.717, 1.165) is 33.5 Å². The Balaban J connectivity index is 1.66. The number of thioether (sulfide) groups is 1. The Labute approximate surface area is 160 Å². The summed E-state index contributed by atoms with van der Waals surface area (Å²) in [6, 6.07) is 9.78. The average molecular weight is 381 g/mol. The van der Waals surface area contributed by atoms with Crippen LogP contribution < -0.4 is 10.1 Å². The summed E-state index contributed by atoms with van der Waals surface area (Å²) in [6.07, 6.45) is 5.50. The first-order valence-corrected chi connectivity index (χ1v) is 9.56. The highest BCUT2D eigenvalue weighted by atomic mass is 32.2. The van der Waals surface area contributed by atoms with Crippen molar-refractivity contribution < 1.29 is 4.74 Å². The van der Waals surface area contributed by atoms with Crippen molar-refractivity contribution in [1.82, 2.24) is 29.4 Å². The maximum Gasteiger partial charge on any atom is 0.200 e. The smallest absolute Gasteiger partial charge is 0.200 e. The fraction of sp³-hybridized carbons (Fsp3) is 0.222. The van der Waals surface area contributed by atoms with Crippen LogP contribution in [0.25, 0.3) is 16.9 Å². The third-order valence-corrected chi connectivity index (χ3v) is 5.08. The summed E-state index contributed by atoms with van der Waals surface area (Å²) in [5, 5.41) is 17.2. The highest BCUT2D eigenvalue weighted by molar-refractivity contribution is 7.98. The fourth-order valence-electron chi connectivity index (χ4n) is 2.82. The Morgan fingerprint density at radius 1 is 1.22 bits per heavy atom. The molecule has 1 N–H and O–H groups in total. The van der Waals surface area contributed by atoms with Crippen LogP contribution in [0.15, 0.2) is 48.0 Å². The lowest BCUT2D eigenvalue weighted by Gasteiger charge is -2.10. The minimum Gasteiger partial charge on any atom is -0.497 e. The summed E-state index contributed by atoms with van der Waals surface area (Å²) in [5.74, 6) is 0.809. The monoisotopic (exact) mass is 381 g/mol. The number of hydrogen-bond acceptors (Lipinski definition) is 7. The number of hydrogen-bond donors (Lipinski definition) is 1. The third-order valence-electron chi connectivity index (χ3n) is 4.34. The molecule has 0 atom stereocenters. The zero-order valence-electron chi connectivity index (χ0n) is 15.2. The summed E-state index contributed by atoms with van der Waals surface area (Å²) in [7, 11) is 3.66. The van der Waals surface area contributed by atoms with Crippen LogP contribution in [0.4, 0.5) is 5.69 Å². The van der Waals surface area contributed by atoms with Crippen LogP contribution in [0.3, 0.4) is 0 Å². The van der Waals surface area contributed by atoms with Crippen molar-refractivity contribution in [3.63, 3.8) is 0 Å². The molecule has 4 rings (SSSR count).